The van der Waals surface area contributed by atoms with Crippen LogP contribution in [0.2, 0.25) is 0 Å². The van der Waals surface area contributed by atoms with Crippen molar-refractivity contribution in [2.75, 3.05) is 0 Å². The first-order valence-corrected chi connectivity index (χ1v) is 4.39. The number of hydrogen-bond donors (Lipinski definition) is 1. The fourth-order valence-corrected chi connectivity index (χ4v) is 1.22. The molecular formula is C9H12N4O. The van der Waals surface area contributed by atoms with Crippen molar-refractivity contribution >= 4 is 0 Å². The molecule has 0 aliphatic heterocycles. The van der Waals surface area contributed by atoms with E-state index in [9.17, 15) is 0 Å². The molecule has 1 unspecified atom stereocenters. The maximum atomic E-state index is 5.62. The van der Waals surface area contributed by atoms with Crippen LogP contribution in [0, 0.1) is 0 Å². The SMILES string of the molecule is CC(N)c1nc(-c2cccn2C)no1. The summed E-state index contributed by atoms with van der Waals surface area (Å²) in [7, 11) is 1.93. The van der Waals surface area contributed by atoms with Crippen LogP contribution in [0.25, 0.3) is 11.5 Å². The van der Waals surface area contributed by atoms with Crippen molar-refractivity contribution in [1.29, 1.82) is 0 Å². The lowest BCUT2D eigenvalue weighted by Crippen LogP contribution is -2.05. The summed E-state index contributed by atoms with van der Waals surface area (Å²) in [5.74, 6) is 1.03. The Kier molecular flexibility index (Phi) is 2.09. The molecule has 0 aliphatic rings. The van der Waals surface area contributed by atoms with Crippen LogP contribution < -0.4 is 5.73 Å². The summed E-state index contributed by atoms with van der Waals surface area (Å²) in [6, 6.07) is 3.63. The molecular weight excluding hydrogens is 180 g/mol. The van der Waals surface area contributed by atoms with Crippen molar-refractivity contribution in [2.45, 2.75) is 13.0 Å². The monoisotopic (exact) mass is 192 g/mol. The van der Waals surface area contributed by atoms with Gasteiger partial charge < -0.3 is 14.8 Å². The van der Waals surface area contributed by atoms with Crippen LogP contribution in [0.4, 0.5) is 0 Å². The van der Waals surface area contributed by atoms with E-state index in [1.807, 2.05) is 36.9 Å². The lowest BCUT2D eigenvalue weighted by molar-refractivity contribution is 0.362. The van der Waals surface area contributed by atoms with Gasteiger partial charge in [-0.05, 0) is 19.1 Å². The van der Waals surface area contributed by atoms with Crippen molar-refractivity contribution in [1.82, 2.24) is 14.7 Å². The molecule has 0 fully saturated rings. The third-order valence-electron chi connectivity index (χ3n) is 2.00. The molecule has 2 rings (SSSR count). The smallest absolute Gasteiger partial charge is 0.243 e. The van der Waals surface area contributed by atoms with E-state index in [1.54, 1.807) is 0 Å². The minimum absolute atomic E-state index is 0.225. The number of aryl methyl sites for hydroxylation is 1. The van der Waals surface area contributed by atoms with E-state index in [0.717, 1.165) is 5.69 Å². The van der Waals surface area contributed by atoms with E-state index < -0.39 is 0 Å². The molecule has 0 amide bonds. The standard InChI is InChI=1S/C9H12N4O/c1-6(10)9-11-8(12-14-9)7-4-3-5-13(7)2/h3-6H,10H2,1-2H3. The van der Waals surface area contributed by atoms with Gasteiger partial charge in [-0.1, -0.05) is 5.16 Å². The molecule has 0 radical (unpaired) electrons. The summed E-state index contributed by atoms with van der Waals surface area (Å²) in [4.78, 5) is 4.19. The molecule has 5 nitrogen and oxygen atoms in total. The summed E-state index contributed by atoms with van der Waals surface area (Å²) in [6.45, 7) is 1.81. The molecule has 1 atom stereocenters. The van der Waals surface area contributed by atoms with E-state index >= 15 is 0 Å². The van der Waals surface area contributed by atoms with Gasteiger partial charge in [0.05, 0.1) is 11.7 Å². The second kappa shape index (κ2) is 3.26. The van der Waals surface area contributed by atoms with Crippen molar-refractivity contribution in [3.63, 3.8) is 0 Å². The summed E-state index contributed by atoms with van der Waals surface area (Å²) in [5, 5.41) is 3.85. The van der Waals surface area contributed by atoms with Gasteiger partial charge in [-0.25, -0.2) is 0 Å². The van der Waals surface area contributed by atoms with E-state index in [-0.39, 0.29) is 6.04 Å². The maximum absolute atomic E-state index is 5.62. The Morgan fingerprint density at radius 2 is 2.36 bits per heavy atom. The number of nitrogens with two attached hydrogens (primary N) is 1. The van der Waals surface area contributed by atoms with E-state index in [4.69, 9.17) is 10.3 Å². The highest BCUT2D eigenvalue weighted by Crippen LogP contribution is 2.17. The van der Waals surface area contributed by atoms with Gasteiger partial charge >= 0.3 is 0 Å². The zero-order valence-corrected chi connectivity index (χ0v) is 8.14. The Hall–Kier alpha value is -1.62. The van der Waals surface area contributed by atoms with E-state index in [0.29, 0.717) is 11.7 Å². The molecule has 0 bridgehead atoms. The minimum atomic E-state index is -0.225. The third-order valence-corrected chi connectivity index (χ3v) is 2.00. The fourth-order valence-electron chi connectivity index (χ4n) is 1.22. The minimum Gasteiger partial charge on any atom is -0.348 e. The Bertz CT molecular complexity index is 429. The molecule has 0 aromatic carbocycles. The molecule has 2 heterocycles. The summed E-state index contributed by atoms with van der Waals surface area (Å²) in [6.07, 6.45) is 1.93. The number of nitrogens with zero attached hydrogens (tertiary/aromatic N) is 3. The zero-order chi connectivity index (χ0) is 10.1. The second-order valence-electron chi connectivity index (χ2n) is 3.25. The fraction of sp³-hybridized carbons (Fsp3) is 0.333. The predicted octanol–water partition coefficient (Wildman–Crippen LogP) is 1.09. The molecule has 0 saturated heterocycles. The number of rotatable bonds is 2. The molecule has 2 aromatic heterocycles. The lowest BCUT2D eigenvalue weighted by atomic mass is 10.3. The predicted molar refractivity (Wildman–Crippen MR) is 51.3 cm³/mol. The Labute approximate surface area is 81.5 Å². The van der Waals surface area contributed by atoms with Crippen molar-refractivity contribution in [2.24, 2.45) is 12.8 Å². The first-order valence-electron chi connectivity index (χ1n) is 4.39. The summed E-state index contributed by atoms with van der Waals surface area (Å²) in [5.41, 5.74) is 6.53. The quantitative estimate of drug-likeness (QED) is 0.773. The first kappa shape index (κ1) is 8.96. The zero-order valence-electron chi connectivity index (χ0n) is 8.14. The first-order chi connectivity index (χ1) is 6.68. The highest BCUT2D eigenvalue weighted by Gasteiger charge is 2.12. The molecule has 5 heteroatoms. The Balaban J connectivity index is 2.39. The molecule has 0 aliphatic carbocycles. The van der Waals surface area contributed by atoms with E-state index in [1.165, 1.54) is 0 Å². The Morgan fingerprint density at radius 3 is 2.86 bits per heavy atom. The van der Waals surface area contributed by atoms with Gasteiger partial charge in [-0.2, -0.15) is 4.98 Å². The average Bonchev–Trinajstić information content (AvgIpc) is 2.71. The van der Waals surface area contributed by atoms with Crippen LogP contribution in [0.15, 0.2) is 22.9 Å². The normalized spacial score (nSPS) is 13.1. The van der Waals surface area contributed by atoms with Crippen LogP contribution in [0.3, 0.4) is 0 Å². The second-order valence-corrected chi connectivity index (χ2v) is 3.25. The van der Waals surface area contributed by atoms with E-state index in [2.05, 4.69) is 10.1 Å². The maximum Gasteiger partial charge on any atom is 0.243 e. The van der Waals surface area contributed by atoms with Crippen molar-refractivity contribution in [3.05, 3.63) is 24.2 Å². The lowest BCUT2D eigenvalue weighted by Gasteiger charge is -1.95. The van der Waals surface area contributed by atoms with Gasteiger partial charge in [0, 0.05) is 13.2 Å². The van der Waals surface area contributed by atoms with Gasteiger partial charge in [0.25, 0.3) is 0 Å². The molecule has 2 N–H and O–H groups in total. The van der Waals surface area contributed by atoms with Gasteiger partial charge in [0.2, 0.25) is 11.7 Å². The van der Waals surface area contributed by atoms with Crippen LogP contribution in [-0.4, -0.2) is 14.7 Å². The largest absolute Gasteiger partial charge is 0.348 e. The Morgan fingerprint density at radius 1 is 1.57 bits per heavy atom. The number of aromatic nitrogens is 3. The average molecular weight is 192 g/mol. The van der Waals surface area contributed by atoms with Crippen molar-refractivity contribution < 1.29 is 4.52 Å². The summed E-state index contributed by atoms with van der Waals surface area (Å²) >= 11 is 0. The van der Waals surface area contributed by atoms with Gasteiger partial charge in [0.1, 0.15) is 0 Å². The molecule has 74 valence electrons. The molecule has 0 saturated carbocycles. The van der Waals surface area contributed by atoms with Crippen LogP contribution >= 0.6 is 0 Å². The molecule has 0 spiro atoms. The topological polar surface area (TPSA) is 69.9 Å². The molecule has 2 aromatic rings. The van der Waals surface area contributed by atoms with Crippen LogP contribution in [-0.2, 0) is 7.05 Å². The summed E-state index contributed by atoms with van der Waals surface area (Å²) < 4.78 is 6.93. The highest BCUT2D eigenvalue weighted by molar-refractivity contribution is 5.49. The highest BCUT2D eigenvalue weighted by atomic mass is 16.5. The van der Waals surface area contributed by atoms with Crippen molar-refractivity contribution in [3.8, 4) is 11.5 Å². The van der Waals surface area contributed by atoms with Gasteiger partial charge in [-0.3, -0.25) is 0 Å². The van der Waals surface area contributed by atoms with Crippen LogP contribution in [0.1, 0.15) is 18.9 Å². The molecule has 14 heavy (non-hydrogen) atoms. The number of hydrogen-bond acceptors (Lipinski definition) is 4. The van der Waals surface area contributed by atoms with Crippen LogP contribution in [0.5, 0.6) is 0 Å². The van der Waals surface area contributed by atoms with Gasteiger partial charge in [-0.15, -0.1) is 0 Å². The third kappa shape index (κ3) is 1.42. The van der Waals surface area contributed by atoms with Gasteiger partial charge in [0.15, 0.2) is 0 Å².